The summed E-state index contributed by atoms with van der Waals surface area (Å²) in [6, 6.07) is 20.8. The third kappa shape index (κ3) is 3.46. The fourth-order valence-corrected chi connectivity index (χ4v) is 4.57. The number of fused-ring (bicyclic) bond motifs is 1. The molecule has 2 N–H and O–H groups in total. The fraction of sp³-hybridized carbons (Fsp3) is 0.280. The van der Waals surface area contributed by atoms with Crippen LogP contribution in [0, 0.1) is 5.41 Å². The molecule has 0 radical (unpaired) electrons. The Morgan fingerprint density at radius 3 is 2.30 bits per heavy atom. The van der Waals surface area contributed by atoms with Crippen LogP contribution >= 0.6 is 0 Å². The second-order valence-electron chi connectivity index (χ2n) is 8.18. The Morgan fingerprint density at radius 2 is 1.60 bits per heavy atom. The normalized spacial score (nSPS) is 19.2. The number of aliphatic hydroxyl groups excluding tert-OH is 1. The molecular formula is C25H26N4O. The van der Waals surface area contributed by atoms with E-state index in [0.717, 1.165) is 54.4 Å². The average molecular weight is 399 g/mol. The van der Waals surface area contributed by atoms with Crippen molar-refractivity contribution in [3.63, 3.8) is 0 Å². The van der Waals surface area contributed by atoms with Gasteiger partial charge in [0.05, 0.1) is 17.8 Å². The molecule has 0 amide bonds. The molecule has 30 heavy (non-hydrogen) atoms. The van der Waals surface area contributed by atoms with Crippen molar-refractivity contribution in [2.75, 3.05) is 0 Å². The first-order chi connectivity index (χ1) is 14.7. The van der Waals surface area contributed by atoms with Crippen molar-refractivity contribution >= 4 is 11.0 Å². The van der Waals surface area contributed by atoms with Gasteiger partial charge in [-0.05, 0) is 36.8 Å². The van der Waals surface area contributed by atoms with E-state index in [2.05, 4.69) is 35.0 Å². The highest BCUT2D eigenvalue weighted by Crippen LogP contribution is 2.31. The minimum Gasteiger partial charge on any atom is -0.393 e. The van der Waals surface area contributed by atoms with E-state index >= 15 is 0 Å². The summed E-state index contributed by atoms with van der Waals surface area (Å²) >= 11 is 0. The monoisotopic (exact) mass is 398 g/mol. The maximum Gasteiger partial charge on any atom is 0.146 e. The Labute approximate surface area is 175 Å². The highest BCUT2D eigenvalue weighted by Gasteiger charge is 2.23. The van der Waals surface area contributed by atoms with Gasteiger partial charge in [0.1, 0.15) is 11.1 Å². The molecular weight excluding hydrogens is 372 g/mol. The van der Waals surface area contributed by atoms with Crippen LogP contribution in [0.3, 0.4) is 0 Å². The molecule has 0 atom stereocenters. The summed E-state index contributed by atoms with van der Waals surface area (Å²) in [5, 5.41) is 19.8. The van der Waals surface area contributed by atoms with Crippen LogP contribution in [0.15, 0.2) is 73.2 Å². The van der Waals surface area contributed by atoms with Gasteiger partial charge in [-0.15, -0.1) is 0 Å². The first-order valence-electron chi connectivity index (χ1n) is 10.6. The zero-order valence-corrected chi connectivity index (χ0v) is 16.9. The summed E-state index contributed by atoms with van der Waals surface area (Å²) < 4.78 is 4.16. The van der Waals surface area contributed by atoms with Gasteiger partial charge in [-0.1, -0.05) is 60.7 Å². The van der Waals surface area contributed by atoms with Gasteiger partial charge >= 0.3 is 0 Å². The van der Waals surface area contributed by atoms with Crippen molar-refractivity contribution in [3.05, 3.63) is 84.2 Å². The van der Waals surface area contributed by atoms with Gasteiger partial charge in [-0.3, -0.25) is 5.41 Å². The lowest BCUT2D eigenvalue weighted by Crippen LogP contribution is -2.29. The zero-order chi connectivity index (χ0) is 20.5. The fourth-order valence-electron chi connectivity index (χ4n) is 4.57. The smallest absolute Gasteiger partial charge is 0.146 e. The molecule has 5 rings (SSSR count). The van der Waals surface area contributed by atoms with Gasteiger partial charge in [-0.25, -0.2) is 4.98 Å². The van der Waals surface area contributed by atoms with E-state index in [9.17, 15) is 5.11 Å². The molecule has 1 saturated carbocycles. The van der Waals surface area contributed by atoms with Gasteiger partial charge in [-0.2, -0.15) is 0 Å². The van der Waals surface area contributed by atoms with Crippen LogP contribution in [0.5, 0.6) is 0 Å². The molecule has 5 nitrogen and oxygen atoms in total. The minimum atomic E-state index is -0.209. The molecule has 152 valence electrons. The number of aromatic nitrogens is 3. The van der Waals surface area contributed by atoms with Crippen LogP contribution in [0.25, 0.3) is 22.2 Å². The Hall–Kier alpha value is -3.18. The van der Waals surface area contributed by atoms with Crippen LogP contribution in [-0.4, -0.2) is 25.3 Å². The van der Waals surface area contributed by atoms with Gasteiger partial charge in [0.25, 0.3) is 0 Å². The van der Waals surface area contributed by atoms with Crippen molar-refractivity contribution in [3.8, 4) is 11.1 Å². The van der Waals surface area contributed by atoms with Gasteiger partial charge in [0.15, 0.2) is 0 Å². The Bertz CT molecular complexity index is 1200. The zero-order valence-electron chi connectivity index (χ0n) is 16.9. The summed E-state index contributed by atoms with van der Waals surface area (Å²) in [6.45, 7) is 0.718. The second kappa shape index (κ2) is 7.92. The lowest BCUT2D eigenvalue weighted by Gasteiger charge is -2.27. The minimum absolute atomic E-state index is 0.209. The number of aliphatic hydroxyl groups is 1. The molecule has 2 heterocycles. The molecule has 4 aromatic rings. The maximum absolute atomic E-state index is 9.88. The third-order valence-corrected chi connectivity index (χ3v) is 6.19. The number of rotatable bonds is 4. The third-order valence-electron chi connectivity index (χ3n) is 6.19. The van der Waals surface area contributed by atoms with Crippen LogP contribution < -0.4 is 5.49 Å². The van der Waals surface area contributed by atoms with Crippen LogP contribution in [0.4, 0.5) is 0 Å². The summed E-state index contributed by atoms with van der Waals surface area (Å²) in [7, 11) is 0. The van der Waals surface area contributed by atoms with Gasteiger partial charge in [0, 0.05) is 24.3 Å². The van der Waals surface area contributed by atoms with Crippen LogP contribution in [0.2, 0.25) is 0 Å². The van der Waals surface area contributed by atoms with Crippen molar-refractivity contribution < 1.29 is 5.11 Å². The summed E-state index contributed by atoms with van der Waals surface area (Å²) in [5.74, 6) is 0. The summed E-state index contributed by atoms with van der Waals surface area (Å²) in [4.78, 5) is 4.82. The van der Waals surface area contributed by atoms with E-state index in [0.29, 0.717) is 5.49 Å². The van der Waals surface area contributed by atoms with E-state index in [1.807, 2.05) is 47.3 Å². The van der Waals surface area contributed by atoms with Gasteiger partial charge < -0.3 is 14.2 Å². The first-order valence-corrected chi connectivity index (χ1v) is 10.6. The van der Waals surface area contributed by atoms with E-state index in [1.165, 1.54) is 5.56 Å². The van der Waals surface area contributed by atoms with E-state index < -0.39 is 0 Å². The van der Waals surface area contributed by atoms with Crippen molar-refractivity contribution in [1.82, 2.24) is 14.1 Å². The van der Waals surface area contributed by atoms with Gasteiger partial charge in [0.2, 0.25) is 0 Å². The quantitative estimate of drug-likeness (QED) is 0.531. The highest BCUT2D eigenvalue weighted by atomic mass is 16.3. The number of benzene rings is 2. The Balaban J connectivity index is 1.66. The molecule has 0 spiro atoms. The van der Waals surface area contributed by atoms with Crippen molar-refractivity contribution in [2.45, 2.75) is 44.4 Å². The van der Waals surface area contributed by atoms with E-state index in [-0.39, 0.29) is 12.1 Å². The molecule has 0 saturated heterocycles. The molecule has 0 aliphatic heterocycles. The predicted octanol–water partition coefficient (Wildman–Crippen LogP) is 4.51. The predicted molar refractivity (Wildman–Crippen MR) is 118 cm³/mol. The molecule has 2 aromatic heterocycles. The molecule has 2 aromatic carbocycles. The molecule has 0 bridgehead atoms. The molecule has 5 heteroatoms. The van der Waals surface area contributed by atoms with Crippen molar-refractivity contribution in [2.24, 2.45) is 0 Å². The standard InChI is InChI=1S/C25H26N4O/c26-24-23-22(19-9-5-2-6-10-19)16-28(15-18-7-3-1-4-8-18)25(23)27-17-29(24)20-11-13-21(30)14-12-20/h1-10,16-17,20-21,26,30H,11-15H2. The summed E-state index contributed by atoms with van der Waals surface area (Å²) in [6.07, 6.45) is 7.09. The SMILES string of the molecule is N=c1c2c(-c3ccccc3)cn(Cc3ccccc3)c2ncn1C1CCC(O)CC1. The maximum atomic E-state index is 9.88. The van der Waals surface area contributed by atoms with Crippen molar-refractivity contribution in [1.29, 1.82) is 5.41 Å². The van der Waals surface area contributed by atoms with Crippen LogP contribution in [-0.2, 0) is 6.54 Å². The number of hydrogen-bond acceptors (Lipinski definition) is 3. The first kappa shape index (κ1) is 18.8. The second-order valence-corrected chi connectivity index (χ2v) is 8.18. The average Bonchev–Trinajstić information content (AvgIpc) is 3.15. The molecule has 1 aliphatic carbocycles. The largest absolute Gasteiger partial charge is 0.393 e. The topological polar surface area (TPSA) is 66.8 Å². The molecule has 0 unspecified atom stereocenters. The highest BCUT2D eigenvalue weighted by molar-refractivity contribution is 5.93. The van der Waals surface area contributed by atoms with E-state index in [4.69, 9.17) is 10.4 Å². The summed E-state index contributed by atoms with van der Waals surface area (Å²) in [5.41, 5.74) is 4.70. The molecule has 1 fully saturated rings. The van der Waals surface area contributed by atoms with Crippen LogP contribution in [0.1, 0.15) is 37.3 Å². The number of nitrogens with one attached hydrogen (secondary N) is 1. The lowest BCUT2D eigenvalue weighted by molar-refractivity contribution is 0.109. The van der Waals surface area contributed by atoms with E-state index in [1.54, 1.807) is 0 Å². The lowest BCUT2D eigenvalue weighted by atomic mass is 9.93. The Kier molecular flexibility index (Phi) is 4.97. The Morgan fingerprint density at radius 1 is 0.933 bits per heavy atom. The molecule has 1 aliphatic rings. The number of hydrogen-bond donors (Lipinski definition) is 2. The number of nitrogens with zero attached hydrogens (tertiary/aromatic N) is 3.